The number of carbonyl (C=O) groups excluding carboxylic acids is 1. The third-order valence-corrected chi connectivity index (χ3v) is 4.83. The van der Waals surface area contributed by atoms with Gasteiger partial charge in [0.25, 0.3) is 5.91 Å². The minimum absolute atomic E-state index is 0.0781. The number of nitrogens with zero attached hydrogens (tertiary/aromatic N) is 1. The molecular formula is C26H25NO4. The van der Waals surface area contributed by atoms with E-state index in [1.54, 1.807) is 17.0 Å². The predicted octanol–water partition coefficient (Wildman–Crippen LogP) is 4.78. The molecule has 31 heavy (non-hydrogen) atoms. The molecule has 0 atom stereocenters. The number of rotatable bonds is 10. The number of benzene rings is 3. The summed E-state index contributed by atoms with van der Waals surface area (Å²) in [6, 6.07) is 26.4. The smallest absolute Gasteiger partial charge is 0.303 e. The van der Waals surface area contributed by atoms with E-state index in [1.807, 2.05) is 72.8 Å². The van der Waals surface area contributed by atoms with Crippen molar-refractivity contribution in [1.82, 2.24) is 4.90 Å². The maximum atomic E-state index is 13.1. The van der Waals surface area contributed by atoms with E-state index < -0.39 is 5.97 Å². The van der Waals surface area contributed by atoms with Gasteiger partial charge in [0, 0.05) is 12.1 Å². The lowest BCUT2D eigenvalue weighted by Gasteiger charge is -2.25. The summed E-state index contributed by atoms with van der Waals surface area (Å²) in [5, 5.41) is 8.79. The summed E-state index contributed by atoms with van der Waals surface area (Å²) < 4.78 is 5.70. The van der Waals surface area contributed by atoms with Gasteiger partial charge in [-0.2, -0.15) is 0 Å². The molecule has 0 unspecified atom stereocenters. The summed E-state index contributed by atoms with van der Waals surface area (Å²) in [5.74, 6) is -0.479. The number of hydrogen-bond donors (Lipinski definition) is 1. The first-order chi connectivity index (χ1) is 15.0. The van der Waals surface area contributed by atoms with Crippen LogP contribution in [-0.2, 0) is 22.6 Å². The van der Waals surface area contributed by atoms with Crippen LogP contribution < -0.4 is 4.74 Å². The molecule has 0 heterocycles. The van der Waals surface area contributed by atoms with Crippen LogP contribution >= 0.6 is 0 Å². The minimum Gasteiger partial charge on any atom is -0.484 e. The molecule has 0 aliphatic carbocycles. The Morgan fingerprint density at radius 2 is 1.45 bits per heavy atom. The van der Waals surface area contributed by atoms with Gasteiger partial charge in [-0.3, -0.25) is 9.59 Å². The SMILES string of the molecule is C=C(c1ccccc1)N(Cc1ccccc1)C(=O)COc1ccc(CCC(=O)O)cc1. The highest BCUT2D eigenvalue weighted by atomic mass is 16.5. The van der Waals surface area contributed by atoms with Gasteiger partial charge in [0.15, 0.2) is 6.61 Å². The average molecular weight is 415 g/mol. The number of aliphatic carboxylic acids is 1. The molecule has 158 valence electrons. The molecule has 0 bridgehead atoms. The Hall–Kier alpha value is -3.86. The average Bonchev–Trinajstić information content (AvgIpc) is 2.81. The molecule has 0 aliphatic heterocycles. The van der Waals surface area contributed by atoms with Crippen molar-refractivity contribution in [3.8, 4) is 5.75 Å². The van der Waals surface area contributed by atoms with E-state index in [1.165, 1.54) is 0 Å². The van der Waals surface area contributed by atoms with E-state index in [2.05, 4.69) is 6.58 Å². The summed E-state index contributed by atoms with van der Waals surface area (Å²) in [6.07, 6.45) is 0.533. The van der Waals surface area contributed by atoms with E-state index >= 15 is 0 Å². The summed E-state index contributed by atoms with van der Waals surface area (Å²) >= 11 is 0. The zero-order valence-electron chi connectivity index (χ0n) is 17.2. The monoisotopic (exact) mass is 415 g/mol. The number of carbonyl (C=O) groups is 2. The van der Waals surface area contributed by atoms with Gasteiger partial charge in [0.05, 0.1) is 6.54 Å². The second kappa shape index (κ2) is 10.8. The third-order valence-electron chi connectivity index (χ3n) is 4.83. The lowest BCUT2D eigenvalue weighted by Crippen LogP contribution is -2.33. The fourth-order valence-electron chi connectivity index (χ4n) is 3.11. The molecule has 0 fully saturated rings. The predicted molar refractivity (Wildman–Crippen MR) is 120 cm³/mol. The normalized spacial score (nSPS) is 10.3. The molecule has 0 spiro atoms. The molecule has 3 aromatic carbocycles. The first-order valence-electron chi connectivity index (χ1n) is 10.0. The molecule has 0 saturated carbocycles. The van der Waals surface area contributed by atoms with Crippen LogP contribution in [0.4, 0.5) is 0 Å². The molecule has 0 aromatic heterocycles. The maximum Gasteiger partial charge on any atom is 0.303 e. The standard InChI is InChI=1S/C26H25NO4/c1-20(23-10-6-3-7-11-23)27(18-22-8-4-2-5-9-22)25(28)19-31-24-15-12-21(13-16-24)14-17-26(29)30/h2-13,15-16H,1,14,17-19H2,(H,29,30). The topological polar surface area (TPSA) is 66.8 Å². The highest BCUT2D eigenvalue weighted by molar-refractivity contribution is 5.87. The molecule has 0 aliphatic rings. The lowest BCUT2D eigenvalue weighted by molar-refractivity contribution is -0.137. The van der Waals surface area contributed by atoms with E-state index in [0.29, 0.717) is 24.4 Å². The van der Waals surface area contributed by atoms with E-state index in [0.717, 1.165) is 16.7 Å². The van der Waals surface area contributed by atoms with E-state index in [9.17, 15) is 9.59 Å². The second-order valence-corrected chi connectivity index (χ2v) is 7.10. The van der Waals surface area contributed by atoms with Crippen LogP contribution in [0.5, 0.6) is 5.75 Å². The van der Waals surface area contributed by atoms with Gasteiger partial charge in [0.1, 0.15) is 5.75 Å². The molecule has 5 heteroatoms. The Balaban J connectivity index is 1.68. The van der Waals surface area contributed by atoms with Gasteiger partial charge in [0.2, 0.25) is 0 Å². The Labute approximate surface area is 182 Å². The summed E-state index contributed by atoms with van der Waals surface area (Å²) in [5.41, 5.74) is 3.39. The molecule has 1 N–H and O–H groups in total. The number of carboxylic acids is 1. The van der Waals surface area contributed by atoms with Crippen LogP contribution in [0, 0.1) is 0 Å². The quantitative estimate of drug-likeness (QED) is 0.517. The third kappa shape index (κ3) is 6.57. The zero-order chi connectivity index (χ0) is 22.1. The first-order valence-corrected chi connectivity index (χ1v) is 10.0. The largest absolute Gasteiger partial charge is 0.484 e. The number of hydrogen-bond acceptors (Lipinski definition) is 3. The lowest BCUT2D eigenvalue weighted by atomic mass is 10.1. The van der Waals surface area contributed by atoms with Crippen LogP contribution in [0.25, 0.3) is 5.70 Å². The first kappa shape index (κ1) is 21.8. The Kier molecular flexibility index (Phi) is 7.60. The minimum atomic E-state index is -0.830. The van der Waals surface area contributed by atoms with Crippen LogP contribution in [0.2, 0.25) is 0 Å². The van der Waals surface area contributed by atoms with Crippen LogP contribution in [0.15, 0.2) is 91.5 Å². The van der Waals surface area contributed by atoms with Crippen molar-refractivity contribution in [3.05, 3.63) is 108 Å². The van der Waals surface area contributed by atoms with E-state index in [-0.39, 0.29) is 18.9 Å². The Morgan fingerprint density at radius 3 is 2.06 bits per heavy atom. The number of carboxylic acid groups (broad SMARTS) is 1. The van der Waals surface area contributed by atoms with Crippen molar-refractivity contribution in [2.24, 2.45) is 0 Å². The number of ether oxygens (including phenoxy) is 1. The molecular weight excluding hydrogens is 390 g/mol. The van der Waals surface area contributed by atoms with Crippen molar-refractivity contribution in [3.63, 3.8) is 0 Å². The zero-order valence-corrected chi connectivity index (χ0v) is 17.2. The molecule has 1 amide bonds. The van der Waals surface area contributed by atoms with Gasteiger partial charge < -0.3 is 14.7 Å². The molecule has 3 rings (SSSR count). The van der Waals surface area contributed by atoms with Crippen molar-refractivity contribution in [2.45, 2.75) is 19.4 Å². The number of aryl methyl sites for hydroxylation is 1. The fraction of sp³-hybridized carbons (Fsp3) is 0.154. The van der Waals surface area contributed by atoms with Gasteiger partial charge in [-0.25, -0.2) is 0 Å². The number of amides is 1. The van der Waals surface area contributed by atoms with Crippen molar-refractivity contribution >= 4 is 17.6 Å². The molecule has 5 nitrogen and oxygen atoms in total. The maximum absolute atomic E-state index is 13.1. The van der Waals surface area contributed by atoms with Gasteiger partial charge in [-0.1, -0.05) is 79.4 Å². The van der Waals surface area contributed by atoms with Crippen molar-refractivity contribution in [2.75, 3.05) is 6.61 Å². The Bertz CT molecular complexity index is 1010. The second-order valence-electron chi connectivity index (χ2n) is 7.10. The van der Waals surface area contributed by atoms with Crippen LogP contribution in [0.3, 0.4) is 0 Å². The summed E-state index contributed by atoms with van der Waals surface area (Å²) in [7, 11) is 0. The van der Waals surface area contributed by atoms with Gasteiger partial charge in [-0.15, -0.1) is 0 Å². The van der Waals surface area contributed by atoms with Crippen LogP contribution in [-0.4, -0.2) is 28.5 Å². The molecule has 0 radical (unpaired) electrons. The van der Waals surface area contributed by atoms with Gasteiger partial charge >= 0.3 is 5.97 Å². The summed E-state index contributed by atoms with van der Waals surface area (Å²) in [4.78, 5) is 25.4. The molecule has 3 aromatic rings. The highest BCUT2D eigenvalue weighted by Crippen LogP contribution is 2.21. The van der Waals surface area contributed by atoms with Crippen molar-refractivity contribution < 1.29 is 19.4 Å². The summed E-state index contributed by atoms with van der Waals surface area (Å²) in [6.45, 7) is 4.41. The molecule has 0 saturated heterocycles. The van der Waals surface area contributed by atoms with Crippen LogP contribution in [0.1, 0.15) is 23.1 Å². The fourth-order valence-corrected chi connectivity index (χ4v) is 3.11. The Morgan fingerprint density at radius 1 is 0.839 bits per heavy atom. The van der Waals surface area contributed by atoms with Gasteiger partial charge in [-0.05, 0) is 35.2 Å². The highest BCUT2D eigenvalue weighted by Gasteiger charge is 2.19. The van der Waals surface area contributed by atoms with Crippen molar-refractivity contribution in [1.29, 1.82) is 0 Å². The van der Waals surface area contributed by atoms with E-state index in [4.69, 9.17) is 9.84 Å².